The van der Waals surface area contributed by atoms with Gasteiger partial charge in [-0.3, -0.25) is 0 Å². The fourth-order valence-corrected chi connectivity index (χ4v) is 1.25. The van der Waals surface area contributed by atoms with Gasteiger partial charge in [-0.15, -0.1) is 0 Å². The van der Waals surface area contributed by atoms with Gasteiger partial charge in [-0.05, 0) is 25.5 Å². The van der Waals surface area contributed by atoms with E-state index in [0.717, 1.165) is 6.42 Å². The molecule has 3 nitrogen and oxygen atoms in total. The van der Waals surface area contributed by atoms with E-state index in [1.54, 1.807) is 13.2 Å². The number of hydrogen-bond donors (Lipinski definition) is 2. The molecule has 0 fully saturated rings. The van der Waals surface area contributed by atoms with E-state index in [1.165, 1.54) is 12.1 Å². The van der Waals surface area contributed by atoms with Gasteiger partial charge in [-0.25, -0.2) is 4.39 Å². The molecule has 0 heterocycles. The Morgan fingerprint density at radius 1 is 1.53 bits per heavy atom. The van der Waals surface area contributed by atoms with Gasteiger partial charge in [0.2, 0.25) is 0 Å². The van der Waals surface area contributed by atoms with Crippen LogP contribution in [0.2, 0.25) is 0 Å². The van der Waals surface area contributed by atoms with Gasteiger partial charge in [0.1, 0.15) is 11.6 Å². The molecule has 1 unspecified atom stereocenters. The highest BCUT2D eigenvalue weighted by Gasteiger charge is 2.03. The molecule has 15 heavy (non-hydrogen) atoms. The summed E-state index contributed by atoms with van der Waals surface area (Å²) in [5.74, 6) is 0.361. The van der Waals surface area contributed by atoms with Crippen molar-refractivity contribution in [1.29, 1.82) is 0 Å². The number of rotatable bonds is 5. The molecule has 1 aromatic carbocycles. The second kappa shape index (κ2) is 5.56. The largest absolute Gasteiger partial charge is 0.495 e. The van der Waals surface area contributed by atoms with E-state index in [2.05, 4.69) is 5.32 Å². The maximum absolute atomic E-state index is 12.9. The first-order valence-corrected chi connectivity index (χ1v) is 4.96. The summed E-state index contributed by atoms with van der Waals surface area (Å²) in [6.45, 7) is 2.64. The zero-order valence-electron chi connectivity index (χ0n) is 9.09. The fourth-order valence-electron chi connectivity index (χ4n) is 1.25. The van der Waals surface area contributed by atoms with Gasteiger partial charge in [0.25, 0.3) is 0 Å². The van der Waals surface area contributed by atoms with Crippen LogP contribution >= 0.6 is 0 Å². The molecule has 0 aliphatic carbocycles. The third-order valence-corrected chi connectivity index (χ3v) is 2.08. The van der Waals surface area contributed by atoms with Gasteiger partial charge in [-0.1, -0.05) is 0 Å². The molecular formula is C11H17FN2O. The van der Waals surface area contributed by atoms with Crippen LogP contribution in [0.1, 0.15) is 13.3 Å². The van der Waals surface area contributed by atoms with Crippen molar-refractivity contribution in [3.05, 3.63) is 24.0 Å². The lowest BCUT2D eigenvalue weighted by atomic mass is 10.2. The minimum atomic E-state index is -0.279. The number of benzene rings is 1. The van der Waals surface area contributed by atoms with Crippen LogP contribution < -0.4 is 15.8 Å². The average molecular weight is 212 g/mol. The predicted octanol–water partition coefficient (Wildman–Crippen LogP) is 1.98. The Hall–Kier alpha value is -1.29. The maximum atomic E-state index is 12.9. The van der Waals surface area contributed by atoms with Crippen LogP contribution in [0.25, 0.3) is 0 Å². The Balaban J connectivity index is 2.62. The van der Waals surface area contributed by atoms with Gasteiger partial charge < -0.3 is 15.8 Å². The lowest BCUT2D eigenvalue weighted by Gasteiger charge is -2.12. The Bertz CT molecular complexity index is 315. The van der Waals surface area contributed by atoms with Crippen molar-refractivity contribution in [2.24, 2.45) is 5.73 Å². The number of methoxy groups -OCH3 is 1. The van der Waals surface area contributed by atoms with Crippen LogP contribution in [0.15, 0.2) is 18.2 Å². The first-order valence-electron chi connectivity index (χ1n) is 4.96. The summed E-state index contributed by atoms with van der Waals surface area (Å²) in [6, 6.07) is 4.52. The van der Waals surface area contributed by atoms with Crippen LogP contribution in [0.4, 0.5) is 10.1 Å². The van der Waals surface area contributed by atoms with Gasteiger partial charge in [0.15, 0.2) is 0 Å². The minimum Gasteiger partial charge on any atom is -0.495 e. The molecule has 0 radical (unpaired) electrons. The second-order valence-corrected chi connectivity index (χ2v) is 3.54. The van der Waals surface area contributed by atoms with Crippen LogP contribution in [0.3, 0.4) is 0 Å². The van der Waals surface area contributed by atoms with Crippen LogP contribution in [0.5, 0.6) is 5.75 Å². The van der Waals surface area contributed by atoms with Gasteiger partial charge in [0, 0.05) is 18.7 Å². The quantitative estimate of drug-likeness (QED) is 0.784. The third kappa shape index (κ3) is 3.75. The Kier molecular flexibility index (Phi) is 4.37. The molecule has 0 aliphatic rings. The van der Waals surface area contributed by atoms with Crippen molar-refractivity contribution in [3.8, 4) is 5.75 Å². The third-order valence-electron chi connectivity index (χ3n) is 2.08. The summed E-state index contributed by atoms with van der Waals surface area (Å²) >= 11 is 0. The van der Waals surface area contributed by atoms with E-state index in [9.17, 15) is 4.39 Å². The molecule has 1 rings (SSSR count). The molecular weight excluding hydrogens is 195 g/mol. The molecule has 3 N–H and O–H groups in total. The molecule has 0 aliphatic heterocycles. The summed E-state index contributed by atoms with van der Waals surface area (Å²) in [5, 5.41) is 3.09. The van der Waals surface area contributed by atoms with Crippen molar-refractivity contribution in [2.45, 2.75) is 19.4 Å². The SMILES string of the molecule is COc1ccc(F)cc1NCCC(C)N. The van der Waals surface area contributed by atoms with Crippen molar-refractivity contribution in [2.75, 3.05) is 19.0 Å². The number of nitrogens with two attached hydrogens (primary N) is 1. The lowest BCUT2D eigenvalue weighted by molar-refractivity contribution is 0.415. The summed E-state index contributed by atoms with van der Waals surface area (Å²) in [5.41, 5.74) is 6.28. The van der Waals surface area contributed by atoms with Crippen molar-refractivity contribution < 1.29 is 9.13 Å². The molecule has 0 spiro atoms. The number of halogens is 1. The van der Waals surface area contributed by atoms with Crippen LogP contribution in [0, 0.1) is 5.82 Å². The number of anilines is 1. The number of nitrogens with one attached hydrogen (secondary N) is 1. The highest BCUT2D eigenvalue weighted by Crippen LogP contribution is 2.24. The maximum Gasteiger partial charge on any atom is 0.142 e. The molecule has 0 bridgehead atoms. The first kappa shape index (κ1) is 11.8. The first-order chi connectivity index (χ1) is 7.13. The molecule has 0 amide bonds. The Morgan fingerprint density at radius 3 is 2.87 bits per heavy atom. The van der Waals surface area contributed by atoms with E-state index >= 15 is 0 Å². The van der Waals surface area contributed by atoms with Crippen LogP contribution in [-0.4, -0.2) is 19.7 Å². The van der Waals surface area contributed by atoms with Crippen LogP contribution in [-0.2, 0) is 0 Å². The van der Waals surface area contributed by atoms with Gasteiger partial charge >= 0.3 is 0 Å². The van der Waals surface area contributed by atoms with E-state index in [0.29, 0.717) is 18.0 Å². The van der Waals surface area contributed by atoms with E-state index in [1.807, 2.05) is 6.92 Å². The number of hydrogen-bond acceptors (Lipinski definition) is 3. The minimum absolute atomic E-state index is 0.136. The average Bonchev–Trinajstić information content (AvgIpc) is 2.17. The highest BCUT2D eigenvalue weighted by atomic mass is 19.1. The Labute approximate surface area is 89.4 Å². The second-order valence-electron chi connectivity index (χ2n) is 3.54. The normalized spacial score (nSPS) is 12.3. The smallest absolute Gasteiger partial charge is 0.142 e. The molecule has 4 heteroatoms. The standard InChI is InChI=1S/C11H17FN2O/c1-8(13)5-6-14-10-7-9(12)3-4-11(10)15-2/h3-4,7-8,14H,5-6,13H2,1-2H3. The van der Waals surface area contributed by atoms with Crippen molar-refractivity contribution >= 4 is 5.69 Å². The zero-order valence-corrected chi connectivity index (χ0v) is 9.09. The molecule has 84 valence electrons. The lowest BCUT2D eigenvalue weighted by Crippen LogP contribution is -2.19. The summed E-state index contributed by atoms with van der Waals surface area (Å²) in [7, 11) is 1.56. The van der Waals surface area contributed by atoms with Gasteiger partial charge in [-0.2, -0.15) is 0 Å². The van der Waals surface area contributed by atoms with E-state index < -0.39 is 0 Å². The highest BCUT2D eigenvalue weighted by molar-refractivity contribution is 5.56. The fraction of sp³-hybridized carbons (Fsp3) is 0.455. The summed E-state index contributed by atoms with van der Waals surface area (Å²) in [6.07, 6.45) is 0.833. The number of ether oxygens (including phenoxy) is 1. The van der Waals surface area contributed by atoms with Crippen molar-refractivity contribution in [1.82, 2.24) is 0 Å². The molecule has 1 aromatic rings. The molecule has 1 atom stereocenters. The Morgan fingerprint density at radius 2 is 2.27 bits per heavy atom. The molecule has 0 saturated carbocycles. The molecule has 0 saturated heterocycles. The monoisotopic (exact) mass is 212 g/mol. The van der Waals surface area contributed by atoms with E-state index in [4.69, 9.17) is 10.5 Å². The zero-order chi connectivity index (χ0) is 11.3. The van der Waals surface area contributed by atoms with Crippen molar-refractivity contribution in [3.63, 3.8) is 0 Å². The topological polar surface area (TPSA) is 47.3 Å². The summed E-state index contributed by atoms with van der Waals surface area (Å²) < 4.78 is 18.0. The van der Waals surface area contributed by atoms with Gasteiger partial charge in [0.05, 0.1) is 12.8 Å². The molecule has 0 aromatic heterocycles. The summed E-state index contributed by atoms with van der Waals surface area (Å²) in [4.78, 5) is 0. The van der Waals surface area contributed by atoms with E-state index in [-0.39, 0.29) is 11.9 Å². The predicted molar refractivity (Wildman–Crippen MR) is 59.7 cm³/mol.